The van der Waals surface area contributed by atoms with Crippen molar-refractivity contribution in [3.8, 4) is 17.7 Å². The van der Waals surface area contributed by atoms with E-state index in [1.165, 1.54) is 28.5 Å². The number of anilines is 1. The minimum absolute atomic E-state index is 0.0266. The van der Waals surface area contributed by atoms with E-state index >= 15 is 0 Å². The maximum absolute atomic E-state index is 14.2. The highest BCUT2D eigenvalue weighted by Gasteiger charge is 2.29. The van der Waals surface area contributed by atoms with Gasteiger partial charge in [-0.3, -0.25) is 4.79 Å². The zero-order valence-corrected chi connectivity index (χ0v) is 17.3. The van der Waals surface area contributed by atoms with Gasteiger partial charge in [-0.2, -0.15) is 4.98 Å². The number of tetrazole rings is 1. The summed E-state index contributed by atoms with van der Waals surface area (Å²) in [5.41, 5.74) is 1.35. The molecule has 1 amide bonds. The number of amides is 1. The lowest BCUT2D eigenvalue weighted by molar-refractivity contribution is -0.117. The summed E-state index contributed by atoms with van der Waals surface area (Å²) >= 11 is 0. The van der Waals surface area contributed by atoms with Crippen molar-refractivity contribution in [3.63, 3.8) is 0 Å². The monoisotopic (exact) mass is 438 g/mol. The Balaban J connectivity index is 1.48. The zero-order chi connectivity index (χ0) is 22.2. The van der Waals surface area contributed by atoms with Crippen LogP contribution in [0.3, 0.4) is 0 Å². The summed E-state index contributed by atoms with van der Waals surface area (Å²) in [6.45, 7) is 0.0482. The van der Waals surface area contributed by atoms with Gasteiger partial charge >= 0.3 is 6.01 Å². The molecule has 1 N–H and O–H groups in total. The van der Waals surface area contributed by atoms with Crippen LogP contribution in [-0.4, -0.2) is 47.8 Å². The highest BCUT2D eigenvalue weighted by Crippen LogP contribution is 2.32. The quantitative estimate of drug-likeness (QED) is 0.465. The molecule has 1 fully saturated rings. The van der Waals surface area contributed by atoms with Crippen LogP contribution in [0.4, 0.5) is 10.2 Å². The Hall–Kier alpha value is -4.09. The second-order valence-electron chi connectivity index (χ2n) is 7.37. The summed E-state index contributed by atoms with van der Waals surface area (Å²) in [6, 6.07) is 7.95. The third-order valence-corrected chi connectivity index (χ3v) is 5.03. The highest BCUT2D eigenvalue weighted by molar-refractivity contribution is 5.93. The van der Waals surface area contributed by atoms with Crippen molar-refractivity contribution < 1.29 is 18.7 Å². The number of methoxy groups -OCH3 is 1. The molecule has 4 aromatic rings. The van der Waals surface area contributed by atoms with E-state index in [1.54, 1.807) is 25.2 Å². The Morgan fingerprint density at radius 1 is 1.28 bits per heavy atom. The Morgan fingerprint density at radius 2 is 2.12 bits per heavy atom. The molecule has 1 aliphatic carbocycles. The number of carbonyl (C=O) groups excluding carboxylic acids is 1. The normalized spacial score (nSPS) is 13.3. The summed E-state index contributed by atoms with van der Waals surface area (Å²) in [6.07, 6.45) is 1.82. The zero-order valence-electron chi connectivity index (χ0n) is 17.3. The molecule has 1 aromatic carbocycles. The molecule has 3 heterocycles. The van der Waals surface area contributed by atoms with Crippen LogP contribution in [0.25, 0.3) is 17.0 Å². The number of carbonyl (C=O) groups is 1. The molecule has 1 saturated carbocycles. The van der Waals surface area contributed by atoms with Crippen molar-refractivity contribution in [2.75, 3.05) is 12.4 Å². The SMILES string of the molecule is COc1cc(F)cc2c1nc(OCc1cccc(NC(=O)C3CC3)n1)n2-c1nnnn1C. The Morgan fingerprint density at radius 3 is 2.84 bits per heavy atom. The van der Waals surface area contributed by atoms with E-state index in [0.29, 0.717) is 22.5 Å². The molecule has 32 heavy (non-hydrogen) atoms. The number of rotatable bonds is 7. The summed E-state index contributed by atoms with van der Waals surface area (Å²) in [4.78, 5) is 20.9. The number of nitrogens with one attached hydrogen (secondary N) is 1. The molecule has 11 nitrogen and oxygen atoms in total. The fourth-order valence-corrected chi connectivity index (χ4v) is 3.29. The lowest BCUT2D eigenvalue weighted by Gasteiger charge is -2.09. The summed E-state index contributed by atoms with van der Waals surface area (Å²) < 4.78 is 28.3. The Bertz CT molecular complexity index is 1310. The van der Waals surface area contributed by atoms with Gasteiger partial charge in [-0.25, -0.2) is 18.6 Å². The van der Waals surface area contributed by atoms with Gasteiger partial charge < -0.3 is 14.8 Å². The predicted octanol–water partition coefficient (Wildman–Crippen LogP) is 2.02. The average Bonchev–Trinajstić information content (AvgIpc) is 3.46. The average molecular weight is 438 g/mol. The first-order valence-electron chi connectivity index (χ1n) is 9.92. The van der Waals surface area contributed by atoms with E-state index in [9.17, 15) is 9.18 Å². The standard InChI is InChI=1S/C20H19FN8O3/c1-28-19(25-26-27-28)29-14-8-12(21)9-15(31-2)17(14)24-20(29)32-10-13-4-3-5-16(22-13)23-18(30)11-6-7-11/h3-5,8-9,11H,6-7,10H2,1-2H3,(H,22,23,30). The third kappa shape index (κ3) is 3.70. The number of aromatic nitrogens is 7. The molecular weight excluding hydrogens is 419 g/mol. The van der Waals surface area contributed by atoms with E-state index in [4.69, 9.17) is 9.47 Å². The van der Waals surface area contributed by atoms with Gasteiger partial charge in [0.05, 0.1) is 18.3 Å². The predicted molar refractivity (Wildman–Crippen MR) is 110 cm³/mol. The van der Waals surface area contributed by atoms with Gasteiger partial charge in [-0.15, -0.1) is 0 Å². The van der Waals surface area contributed by atoms with E-state index in [-0.39, 0.29) is 36.1 Å². The van der Waals surface area contributed by atoms with E-state index in [0.717, 1.165) is 12.8 Å². The molecule has 0 saturated heterocycles. The Kier molecular flexibility index (Phi) is 4.88. The first-order chi connectivity index (χ1) is 15.5. The van der Waals surface area contributed by atoms with Crippen LogP contribution < -0.4 is 14.8 Å². The first-order valence-corrected chi connectivity index (χ1v) is 9.92. The first kappa shape index (κ1) is 19.8. The number of hydrogen-bond acceptors (Lipinski definition) is 8. The van der Waals surface area contributed by atoms with Gasteiger partial charge in [0, 0.05) is 25.1 Å². The molecular formula is C20H19FN8O3. The van der Waals surface area contributed by atoms with E-state index < -0.39 is 5.82 Å². The van der Waals surface area contributed by atoms with Crippen LogP contribution >= 0.6 is 0 Å². The number of halogens is 1. The molecule has 0 radical (unpaired) electrons. The minimum atomic E-state index is -0.502. The maximum Gasteiger partial charge on any atom is 0.305 e. The topological polar surface area (TPSA) is 122 Å². The van der Waals surface area contributed by atoms with Gasteiger partial charge in [-0.05, 0) is 35.4 Å². The molecule has 164 valence electrons. The fraction of sp³-hybridized carbons (Fsp3) is 0.300. The number of hydrogen-bond donors (Lipinski definition) is 1. The van der Waals surface area contributed by atoms with Crippen LogP contribution in [0, 0.1) is 11.7 Å². The summed E-state index contributed by atoms with van der Waals surface area (Å²) in [5.74, 6) is 0.541. The summed E-state index contributed by atoms with van der Waals surface area (Å²) in [5, 5.41) is 14.3. The van der Waals surface area contributed by atoms with Gasteiger partial charge in [0.25, 0.3) is 5.95 Å². The highest BCUT2D eigenvalue weighted by atomic mass is 19.1. The molecule has 5 rings (SSSR count). The van der Waals surface area contributed by atoms with Crippen molar-refractivity contribution in [1.82, 2.24) is 34.7 Å². The second-order valence-corrected chi connectivity index (χ2v) is 7.37. The molecule has 12 heteroatoms. The number of fused-ring (bicyclic) bond motifs is 1. The maximum atomic E-state index is 14.2. The van der Waals surface area contributed by atoms with E-state index in [1.807, 2.05) is 0 Å². The van der Waals surface area contributed by atoms with Crippen LogP contribution in [-0.2, 0) is 18.4 Å². The number of aryl methyl sites for hydroxylation is 1. The molecule has 0 bridgehead atoms. The fourth-order valence-electron chi connectivity index (χ4n) is 3.29. The number of nitrogens with zero attached hydrogens (tertiary/aromatic N) is 7. The van der Waals surface area contributed by atoms with Gasteiger partial charge in [0.2, 0.25) is 5.91 Å². The van der Waals surface area contributed by atoms with Crippen molar-refractivity contribution in [1.29, 1.82) is 0 Å². The van der Waals surface area contributed by atoms with Crippen LogP contribution in [0.1, 0.15) is 18.5 Å². The molecule has 0 spiro atoms. The van der Waals surface area contributed by atoms with Crippen LogP contribution in [0.2, 0.25) is 0 Å². The number of ether oxygens (including phenoxy) is 2. The largest absolute Gasteiger partial charge is 0.494 e. The molecule has 0 unspecified atom stereocenters. The lowest BCUT2D eigenvalue weighted by atomic mass is 10.3. The smallest absolute Gasteiger partial charge is 0.305 e. The van der Waals surface area contributed by atoms with Crippen molar-refractivity contribution in [2.24, 2.45) is 13.0 Å². The van der Waals surface area contributed by atoms with Crippen molar-refractivity contribution >= 4 is 22.8 Å². The van der Waals surface area contributed by atoms with Crippen molar-refractivity contribution in [3.05, 3.63) is 41.8 Å². The number of pyridine rings is 1. The Labute approximate surface area is 181 Å². The molecule has 1 aliphatic rings. The summed E-state index contributed by atoms with van der Waals surface area (Å²) in [7, 11) is 3.08. The van der Waals surface area contributed by atoms with Gasteiger partial charge in [-0.1, -0.05) is 11.2 Å². The molecule has 3 aromatic heterocycles. The van der Waals surface area contributed by atoms with Gasteiger partial charge in [0.15, 0.2) is 0 Å². The van der Waals surface area contributed by atoms with Crippen LogP contribution in [0.15, 0.2) is 30.3 Å². The number of imidazole rings is 1. The van der Waals surface area contributed by atoms with Crippen LogP contribution in [0.5, 0.6) is 11.8 Å². The number of benzene rings is 1. The second kappa shape index (κ2) is 7.87. The third-order valence-electron chi connectivity index (χ3n) is 5.03. The van der Waals surface area contributed by atoms with E-state index in [2.05, 4.69) is 30.8 Å². The molecule has 0 aliphatic heterocycles. The van der Waals surface area contributed by atoms with Gasteiger partial charge in [0.1, 0.15) is 29.5 Å². The minimum Gasteiger partial charge on any atom is -0.494 e. The van der Waals surface area contributed by atoms with Crippen molar-refractivity contribution in [2.45, 2.75) is 19.4 Å². The molecule has 0 atom stereocenters. The lowest BCUT2D eigenvalue weighted by Crippen LogP contribution is -2.15.